The summed E-state index contributed by atoms with van der Waals surface area (Å²) in [6.07, 6.45) is 0. The van der Waals surface area contributed by atoms with Gasteiger partial charge in [-0.15, -0.1) is 0 Å². The number of carboxylic acids is 1. The average Bonchev–Trinajstić information content (AvgIpc) is 2.53. The molecule has 2 aromatic carbocycles. The fourth-order valence-corrected chi connectivity index (χ4v) is 1.72. The predicted octanol–water partition coefficient (Wildman–Crippen LogP) is 2.75. The largest absolute Gasteiger partial charge is 0.489 e. The van der Waals surface area contributed by atoms with Crippen LogP contribution in [0.3, 0.4) is 0 Å². The molecule has 2 rings (SSSR count). The minimum Gasteiger partial charge on any atom is -0.489 e. The number of hydrogen-bond donors (Lipinski definition) is 1. The van der Waals surface area contributed by atoms with Gasteiger partial charge in [0.2, 0.25) is 0 Å². The fourth-order valence-electron chi connectivity index (χ4n) is 1.72. The van der Waals surface area contributed by atoms with Crippen molar-refractivity contribution >= 4 is 11.9 Å². The van der Waals surface area contributed by atoms with Crippen LogP contribution in [-0.2, 0) is 11.3 Å². The highest BCUT2D eigenvalue weighted by Gasteiger charge is 2.05. The Kier molecular flexibility index (Phi) is 4.56. The second kappa shape index (κ2) is 6.56. The number of carboxylic acid groups (broad SMARTS) is 1. The van der Waals surface area contributed by atoms with Crippen molar-refractivity contribution in [3.8, 4) is 5.75 Å². The average molecular weight is 286 g/mol. The van der Waals surface area contributed by atoms with Gasteiger partial charge < -0.3 is 14.6 Å². The van der Waals surface area contributed by atoms with E-state index in [0.717, 1.165) is 5.56 Å². The molecule has 0 aliphatic heterocycles. The molecule has 0 amide bonds. The summed E-state index contributed by atoms with van der Waals surface area (Å²) < 4.78 is 10.2. The van der Waals surface area contributed by atoms with Crippen LogP contribution in [0.4, 0.5) is 0 Å². The van der Waals surface area contributed by atoms with Crippen LogP contribution in [0, 0.1) is 0 Å². The van der Waals surface area contributed by atoms with Crippen molar-refractivity contribution in [1.29, 1.82) is 0 Å². The van der Waals surface area contributed by atoms with Gasteiger partial charge in [0.1, 0.15) is 12.4 Å². The molecule has 0 aliphatic rings. The van der Waals surface area contributed by atoms with Crippen molar-refractivity contribution in [1.82, 2.24) is 0 Å². The lowest BCUT2D eigenvalue weighted by Gasteiger charge is -2.07. The van der Waals surface area contributed by atoms with E-state index in [1.165, 1.54) is 19.2 Å². The number of rotatable bonds is 5. The SMILES string of the molecule is COC(=O)c1ccc(OCc2ccc(C(=O)O)cc2)cc1. The molecule has 5 heteroatoms. The number of benzene rings is 2. The summed E-state index contributed by atoms with van der Waals surface area (Å²) >= 11 is 0. The molecule has 0 aromatic heterocycles. The summed E-state index contributed by atoms with van der Waals surface area (Å²) in [7, 11) is 1.33. The molecule has 0 bridgehead atoms. The molecule has 0 fully saturated rings. The van der Waals surface area contributed by atoms with Gasteiger partial charge in [0.15, 0.2) is 0 Å². The lowest BCUT2D eigenvalue weighted by Crippen LogP contribution is -2.01. The Bertz CT molecular complexity index is 629. The van der Waals surface area contributed by atoms with Gasteiger partial charge in [0.25, 0.3) is 0 Å². The summed E-state index contributed by atoms with van der Waals surface area (Å²) in [6.45, 7) is 0.317. The van der Waals surface area contributed by atoms with Crippen LogP contribution in [-0.4, -0.2) is 24.2 Å². The first kappa shape index (κ1) is 14.6. The van der Waals surface area contributed by atoms with Crippen LogP contribution in [0.5, 0.6) is 5.75 Å². The van der Waals surface area contributed by atoms with Gasteiger partial charge in [-0.3, -0.25) is 0 Å². The van der Waals surface area contributed by atoms with E-state index < -0.39 is 11.9 Å². The van der Waals surface area contributed by atoms with Gasteiger partial charge >= 0.3 is 11.9 Å². The Morgan fingerprint density at radius 2 is 1.52 bits per heavy atom. The molecule has 0 saturated heterocycles. The number of esters is 1. The maximum absolute atomic E-state index is 11.3. The summed E-state index contributed by atoms with van der Waals surface area (Å²) in [4.78, 5) is 22.0. The van der Waals surface area contributed by atoms with Crippen LogP contribution in [0.25, 0.3) is 0 Å². The molecule has 2 aromatic rings. The number of methoxy groups -OCH3 is 1. The van der Waals surface area contributed by atoms with Gasteiger partial charge in [-0.05, 0) is 42.0 Å². The Morgan fingerprint density at radius 3 is 2.05 bits per heavy atom. The van der Waals surface area contributed by atoms with Gasteiger partial charge in [-0.1, -0.05) is 12.1 Å². The molecule has 0 atom stereocenters. The van der Waals surface area contributed by atoms with Crippen molar-refractivity contribution in [2.24, 2.45) is 0 Å². The molecular weight excluding hydrogens is 272 g/mol. The van der Waals surface area contributed by atoms with Crippen molar-refractivity contribution in [3.63, 3.8) is 0 Å². The highest BCUT2D eigenvalue weighted by atomic mass is 16.5. The lowest BCUT2D eigenvalue weighted by atomic mass is 10.1. The maximum Gasteiger partial charge on any atom is 0.337 e. The van der Waals surface area contributed by atoms with E-state index >= 15 is 0 Å². The van der Waals surface area contributed by atoms with Crippen LogP contribution in [0.1, 0.15) is 26.3 Å². The molecule has 0 unspecified atom stereocenters. The number of ether oxygens (including phenoxy) is 2. The van der Waals surface area contributed by atoms with Crippen LogP contribution < -0.4 is 4.74 Å². The van der Waals surface area contributed by atoms with Crippen LogP contribution >= 0.6 is 0 Å². The van der Waals surface area contributed by atoms with Gasteiger partial charge in [0.05, 0.1) is 18.2 Å². The van der Waals surface area contributed by atoms with Crippen LogP contribution in [0.15, 0.2) is 48.5 Å². The molecule has 1 N–H and O–H groups in total. The standard InChI is InChI=1S/C16H14O5/c1-20-16(19)13-6-8-14(9-7-13)21-10-11-2-4-12(5-3-11)15(17)18/h2-9H,10H2,1H3,(H,17,18). The fraction of sp³-hybridized carbons (Fsp3) is 0.125. The first-order chi connectivity index (χ1) is 10.1. The van der Waals surface area contributed by atoms with Crippen LogP contribution in [0.2, 0.25) is 0 Å². The van der Waals surface area contributed by atoms with E-state index in [1.807, 2.05) is 0 Å². The number of carbonyl (C=O) groups is 2. The number of aromatic carboxylic acids is 1. The van der Waals surface area contributed by atoms with Crippen molar-refractivity contribution in [2.75, 3.05) is 7.11 Å². The van der Waals surface area contributed by atoms with Gasteiger partial charge in [0, 0.05) is 0 Å². The number of hydrogen-bond acceptors (Lipinski definition) is 4. The smallest absolute Gasteiger partial charge is 0.337 e. The van der Waals surface area contributed by atoms with Gasteiger partial charge in [-0.25, -0.2) is 9.59 Å². The van der Waals surface area contributed by atoms with Crippen molar-refractivity contribution in [2.45, 2.75) is 6.61 Å². The molecule has 0 saturated carbocycles. The normalized spacial score (nSPS) is 9.95. The van der Waals surface area contributed by atoms with Crippen molar-refractivity contribution in [3.05, 3.63) is 65.2 Å². The zero-order chi connectivity index (χ0) is 15.2. The van der Waals surface area contributed by atoms with E-state index in [0.29, 0.717) is 17.9 Å². The Hall–Kier alpha value is -2.82. The minimum absolute atomic E-state index is 0.237. The van der Waals surface area contributed by atoms with E-state index in [4.69, 9.17) is 9.84 Å². The summed E-state index contributed by atoms with van der Waals surface area (Å²) in [5.41, 5.74) is 1.55. The molecule has 0 heterocycles. The van der Waals surface area contributed by atoms with E-state index in [2.05, 4.69) is 4.74 Å². The second-order valence-corrected chi connectivity index (χ2v) is 4.31. The molecule has 108 valence electrons. The Labute approximate surface area is 121 Å². The minimum atomic E-state index is -0.958. The molecule has 21 heavy (non-hydrogen) atoms. The summed E-state index contributed by atoms with van der Waals surface area (Å²) in [5.74, 6) is -0.739. The van der Waals surface area contributed by atoms with E-state index in [9.17, 15) is 9.59 Å². The monoisotopic (exact) mass is 286 g/mol. The maximum atomic E-state index is 11.3. The Balaban J connectivity index is 1.96. The molecular formula is C16H14O5. The molecule has 5 nitrogen and oxygen atoms in total. The van der Waals surface area contributed by atoms with E-state index in [1.54, 1.807) is 36.4 Å². The topological polar surface area (TPSA) is 72.8 Å². The first-order valence-corrected chi connectivity index (χ1v) is 6.23. The quantitative estimate of drug-likeness (QED) is 0.856. The number of carbonyl (C=O) groups excluding carboxylic acids is 1. The highest BCUT2D eigenvalue weighted by molar-refractivity contribution is 5.89. The molecule has 0 spiro atoms. The molecule has 0 aliphatic carbocycles. The molecule has 0 radical (unpaired) electrons. The second-order valence-electron chi connectivity index (χ2n) is 4.31. The lowest BCUT2D eigenvalue weighted by molar-refractivity contribution is 0.0599. The predicted molar refractivity (Wildman–Crippen MR) is 75.5 cm³/mol. The zero-order valence-electron chi connectivity index (χ0n) is 11.4. The van der Waals surface area contributed by atoms with Crippen molar-refractivity contribution < 1.29 is 24.2 Å². The summed E-state index contributed by atoms with van der Waals surface area (Å²) in [5, 5.41) is 8.81. The highest BCUT2D eigenvalue weighted by Crippen LogP contribution is 2.15. The third kappa shape index (κ3) is 3.82. The van der Waals surface area contributed by atoms with Gasteiger partial charge in [-0.2, -0.15) is 0 Å². The summed E-state index contributed by atoms with van der Waals surface area (Å²) in [6, 6.07) is 13.1. The zero-order valence-corrected chi connectivity index (χ0v) is 11.4. The Morgan fingerprint density at radius 1 is 0.952 bits per heavy atom. The first-order valence-electron chi connectivity index (χ1n) is 6.23. The van der Waals surface area contributed by atoms with E-state index in [-0.39, 0.29) is 5.56 Å². The third-order valence-electron chi connectivity index (χ3n) is 2.88. The third-order valence-corrected chi connectivity index (χ3v) is 2.88.